The zero-order chi connectivity index (χ0) is 71.8. The molecule has 0 aromatic rings. The monoisotopic (exact) mass is 1390 g/mol. The van der Waals surface area contributed by atoms with E-state index in [1.165, 1.54) is 308 Å². The van der Waals surface area contributed by atoms with E-state index in [9.17, 15) is 19.5 Å². The first kappa shape index (κ1) is 95.5. The number of quaternary nitrogens is 1. The Hall–Kier alpha value is -3.53. The normalized spacial score (nSPS) is 13.0. The molecule has 0 amide bonds. The predicted molar refractivity (Wildman–Crippen MR) is 429 cm³/mol. The fraction of sp³-hybridized carbons (Fsp3) is 0.811. The average molecular weight is 1390 g/mol. The highest BCUT2D eigenvalue weighted by Crippen LogP contribution is 2.20. The number of aliphatic carboxylic acids is 1. The minimum absolute atomic E-state index is 0.178. The van der Waals surface area contributed by atoms with Crippen LogP contribution < -0.4 is 0 Å². The van der Waals surface area contributed by atoms with E-state index in [1.807, 2.05) is 21.1 Å². The number of allylic oxidation sites excluding steroid dienone is 14. The van der Waals surface area contributed by atoms with E-state index in [1.54, 1.807) is 0 Å². The van der Waals surface area contributed by atoms with Gasteiger partial charge in [-0.15, -0.1) is 0 Å². The molecule has 0 aliphatic carbocycles. The Morgan fingerprint density at radius 2 is 0.576 bits per heavy atom. The van der Waals surface area contributed by atoms with E-state index in [2.05, 4.69) is 98.9 Å². The number of nitrogens with zero attached hydrogens (tertiary/aromatic N) is 1. The molecule has 0 radical (unpaired) electrons. The van der Waals surface area contributed by atoms with Crippen LogP contribution in [0.4, 0.5) is 0 Å². The lowest BCUT2D eigenvalue weighted by molar-refractivity contribution is -0.870. The van der Waals surface area contributed by atoms with Crippen LogP contribution in [0.25, 0.3) is 0 Å². The number of carbonyl (C=O) groups is 3. The molecule has 2 unspecified atom stereocenters. The molecule has 0 saturated carbocycles. The Morgan fingerprint density at radius 1 is 0.313 bits per heavy atom. The van der Waals surface area contributed by atoms with Crippen molar-refractivity contribution >= 4 is 17.9 Å². The Bertz CT molecular complexity index is 1910. The van der Waals surface area contributed by atoms with Crippen LogP contribution in [-0.2, 0) is 33.3 Å². The molecule has 0 bridgehead atoms. The van der Waals surface area contributed by atoms with Gasteiger partial charge in [0.25, 0.3) is 6.29 Å². The van der Waals surface area contributed by atoms with Crippen molar-refractivity contribution in [2.24, 2.45) is 0 Å². The maximum atomic E-state index is 13.0. The number of ether oxygens (including phenoxy) is 4. The molecule has 0 aliphatic rings. The Balaban J connectivity index is 3.94. The van der Waals surface area contributed by atoms with Crippen LogP contribution in [-0.4, -0.2) is 87.4 Å². The first-order valence-electron chi connectivity index (χ1n) is 42.8. The minimum Gasteiger partial charge on any atom is -0.477 e. The topological polar surface area (TPSA) is 108 Å². The summed E-state index contributed by atoms with van der Waals surface area (Å²) in [4.78, 5) is 37.8. The van der Waals surface area contributed by atoms with Crippen molar-refractivity contribution in [3.8, 4) is 0 Å². The standard InChI is InChI=1S/C90H163NO8/c1-6-8-10-12-14-16-18-20-22-24-26-28-30-32-34-36-38-40-42-43-44-45-47-48-50-52-54-56-58-60-62-64-66-68-70-72-74-76-78-80-87(92)97-84-86(85-98-90(89(94)95)96-83-82-91(3,4)5)99-88(93)81-79-77-75-73-71-69-67-65-63-61-59-57-55-53-51-49-46-41-39-37-35-33-31-29-27-25-23-21-19-17-15-13-11-9-7-2/h9,11,15,17-18,20-21,23-24,26-27,29-30,32,86,90H,6-8,10,12-14,16,19,22,25,28,31,33-85H2,1-5H3/p+1/b11-9-,17-15-,20-18-,23-21-,26-24-,29-27-,32-30-. The quantitative estimate of drug-likeness (QED) is 0.0211. The Morgan fingerprint density at radius 3 is 0.859 bits per heavy atom. The molecule has 0 aliphatic heterocycles. The van der Waals surface area contributed by atoms with Gasteiger partial charge in [0.1, 0.15) is 13.2 Å². The smallest absolute Gasteiger partial charge is 0.361 e. The maximum Gasteiger partial charge on any atom is 0.361 e. The molecule has 0 saturated heterocycles. The molecule has 0 spiro atoms. The van der Waals surface area contributed by atoms with Crippen LogP contribution in [0.5, 0.6) is 0 Å². The van der Waals surface area contributed by atoms with Crippen molar-refractivity contribution in [3.63, 3.8) is 0 Å². The zero-order valence-electron chi connectivity index (χ0n) is 66.2. The summed E-state index contributed by atoms with van der Waals surface area (Å²) in [6.07, 6.45) is 108. The predicted octanol–water partition coefficient (Wildman–Crippen LogP) is 27.7. The summed E-state index contributed by atoms with van der Waals surface area (Å²) >= 11 is 0. The number of hydrogen-bond donors (Lipinski definition) is 1. The molecule has 1 N–H and O–H groups in total. The van der Waals surface area contributed by atoms with Gasteiger partial charge in [-0.25, -0.2) is 4.79 Å². The lowest BCUT2D eigenvalue weighted by atomic mass is 10.0. The molecule has 576 valence electrons. The van der Waals surface area contributed by atoms with Crippen molar-refractivity contribution in [3.05, 3.63) is 85.1 Å². The first-order chi connectivity index (χ1) is 48.6. The molecule has 0 fully saturated rings. The number of hydrogen-bond acceptors (Lipinski definition) is 7. The van der Waals surface area contributed by atoms with Crippen molar-refractivity contribution in [2.45, 2.75) is 424 Å². The van der Waals surface area contributed by atoms with E-state index < -0.39 is 18.4 Å². The van der Waals surface area contributed by atoms with Gasteiger partial charge >= 0.3 is 17.9 Å². The number of carbonyl (C=O) groups excluding carboxylic acids is 2. The fourth-order valence-electron chi connectivity index (χ4n) is 12.7. The van der Waals surface area contributed by atoms with Gasteiger partial charge in [0.2, 0.25) is 0 Å². The summed E-state index contributed by atoms with van der Waals surface area (Å²) < 4.78 is 23.1. The summed E-state index contributed by atoms with van der Waals surface area (Å²) in [7, 11) is 6.00. The highest BCUT2D eigenvalue weighted by Gasteiger charge is 2.25. The van der Waals surface area contributed by atoms with Crippen molar-refractivity contribution in [1.29, 1.82) is 0 Å². The highest BCUT2D eigenvalue weighted by atomic mass is 16.7. The van der Waals surface area contributed by atoms with Gasteiger partial charge in [0.15, 0.2) is 6.10 Å². The summed E-state index contributed by atoms with van der Waals surface area (Å²) in [5.41, 5.74) is 0. The van der Waals surface area contributed by atoms with Gasteiger partial charge in [0, 0.05) is 12.8 Å². The number of likely N-dealkylation sites (N-methyl/N-ethyl adjacent to an activating group) is 1. The van der Waals surface area contributed by atoms with Crippen LogP contribution >= 0.6 is 0 Å². The SMILES string of the molecule is CC/C=C\C/C=C\C/C=C\C/C=C\CCCCCCCCCCCCCCCCCCCCCCCCC(=O)OC(COC(=O)CCCCCCCCCCCCCCCCCCCCCCCCCC/C=C\C/C=C\C/C=C\CCCCCCC)COC(OCC[N+](C)(C)C)C(=O)O. The van der Waals surface area contributed by atoms with E-state index in [4.69, 9.17) is 18.9 Å². The van der Waals surface area contributed by atoms with Crippen LogP contribution in [0.2, 0.25) is 0 Å². The number of esters is 2. The third-order valence-electron chi connectivity index (χ3n) is 19.1. The fourth-order valence-corrected chi connectivity index (χ4v) is 12.7. The van der Waals surface area contributed by atoms with E-state index >= 15 is 0 Å². The molecule has 9 heteroatoms. The van der Waals surface area contributed by atoms with Crippen molar-refractivity contribution in [2.75, 3.05) is 47.5 Å². The Kier molecular flexibility index (Phi) is 77.3. The third kappa shape index (κ3) is 81.6. The summed E-state index contributed by atoms with van der Waals surface area (Å²) in [6, 6.07) is 0. The average Bonchev–Trinajstić information content (AvgIpc) is 1.16. The molecule has 0 heterocycles. The molecule has 9 nitrogen and oxygen atoms in total. The molecule has 0 rings (SSSR count). The van der Waals surface area contributed by atoms with Gasteiger partial charge in [-0.2, -0.15) is 0 Å². The van der Waals surface area contributed by atoms with Gasteiger partial charge in [0.05, 0.1) is 34.4 Å². The number of carboxylic acid groups (broad SMARTS) is 1. The second-order valence-electron chi connectivity index (χ2n) is 30.1. The zero-order valence-corrected chi connectivity index (χ0v) is 66.2. The minimum atomic E-state index is -1.51. The van der Waals surface area contributed by atoms with Crippen LogP contribution in [0.3, 0.4) is 0 Å². The molecule has 2 atom stereocenters. The van der Waals surface area contributed by atoms with Gasteiger partial charge < -0.3 is 28.5 Å². The Labute approximate surface area is 614 Å². The van der Waals surface area contributed by atoms with E-state index in [0.29, 0.717) is 17.4 Å². The van der Waals surface area contributed by atoms with Gasteiger partial charge in [-0.05, 0) is 89.9 Å². The van der Waals surface area contributed by atoms with Crippen molar-refractivity contribution in [1.82, 2.24) is 0 Å². The second kappa shape index (κ2) is 80.2. The summed E-state index contributed by atoms with van der Waals surface area (Å²) in [5.74, 6) is -1.98. The molecular weight excluding hydrogens is 1220 g/mol. The number of carboxylic acids is 1. The van der Waals surface area contributed by atoms with E-state index in [-0.39, 0.29) is 38.2 Å². The van der Waals surface area contributed by atoms with Crippen LogP contribution in [0.1, 0.15) is 412 Å². The van der Waals surface area contributed by atoms with E-state index in [0.717, 1.165) is 77.0 Å². The highest BCUT2D eigenvalue weighted by molar-refractivity contribution is 5.71. The number of unbranched alkanes of at least 4 members (excludes halogenated alkanes) is 51. The lowest BCUT2D eigenvalue weighted by Gasteiger charge is -2.25. The van der Waals surface area contributed by atoms with Gasteiger partial charge in [-0.3, -0.25) is 9.59 Å². The largest absolute Gasteiger partial charge is 0.477 e. The maximum absolute atomic E-state index is 13.0. The summed E-state index contributed by atoms with van der Waals surface area (Å²) in [6.45, 7) is 4.82. The molecule has 0 aromatic heterocycles. The third-order valence-corrected chi connectivity index (χ3v) is 19.1. The van der Waals surface area contributed by atoms with Crippen LogP contribution in [0.15, 0.2) is 85.1 Å². The van der Waals surface area contributed by atoms with Gasteiger partial charge in [-0.1, -0.05) is 394 Å². The molecule has 99 heavy (non-hydrogen) atoms. The van der Waals surface area contributed by atoms with Crippen LogP contribution in [0, 0.1) is 0 Å². The lowest BCUT2D eigenvalue weighted by Crippen LogP contribution is -2.40. The second-order valence-corrected chi connectivity index (χ2v) is 30.1. The molecule has 0 aromatic carbocycles. The first-order valence-corrected chi connectivity index (χ1v) is 42.8. The number of rotatable bonds is 80. The van der Waals surface area contributed by atoms with Crippen molar-refractivity contribution < 1.29 is 42.9 Å². The molecular formula is C90H164NO8+. The summed E-state index contributed by atoms with van der Waals surface area (Å²) in [5, 5.41) is 9.79.